The molecule has 6 heteroatoms. The van der Waals surface area contributed by atoms with Gasteiger partial charge in [0.05, 0.1) is 11.7 Å². The third-order valence-corrected chi connectivity index (χ3v) is 5.69. The normalized spacial score (nSPS) is 14.7. The Labute approximate surface area is 167 Å². The molecule has 146 valence electrons. The Kier molecular flexibility index (Phi) is 4.28. The molecule has 1 aliphatic rings. The number of halogens is 1. The van der Waals surface area contributed by atoms with Crippen molar-refractivity contribution < 1.29 is 4.39 Å². The molecule has 0 spiro atoms. The first kappa shape index (κ1) is 17.8. The van der Waals surface area contributed by atoms with Gasteiger partial charge >= 0.3 is 5.69 Å². The van der Waals surface area contributed by atoms with Gasteiger partial charge in [-0.3, -0.25) is 8.97 Å². The molecule has 5 nitrogen and oxygen atoms in total. The van der Waals surface area contributed by atoms with E-state index in [-0.39, 0.29) is 17.5 Å². The second kappa shape index (κ2) is 6.97. The van der Waals surface area contributed by atoms with Crippen molar-refractivity contribution in [1.82, 2.24) is 19.3 Å². The van der Waals surface area contributed by atoms with Crippen molar-refractivity contribution in [3.8, 4) is 11.3 Å². The molecular weight excluding hydrogens is 367 g/mol. The van der Waals surface area contributed by atoms with Gasteiger partial charge in [0.1, 0.15) is 11.5 Å². The highest BCUT2D eigenvalue weighted by Gasteiger charge is 2.25. The van der Waals surface area contributed by atoms with Crippen LogP contribution in [0.15, 0.2) is 65.6 Å². The molecule has 2 aromatic heterocycles. The second-order valence-corrected chi connectivity index (χ2v) is 7.39. The fourth-order valence-electron chi connectivity index (χ4n) is 4.20. The summed E-state index contributed by atoms with van der Waals surface area (Å²) in [5.74, 6) is -0.346. The lowest BCUT2D eigenvalue weighted by Crippen LogP contribution is -2.37. The van der Waals surface area contributed by atoms with Gasteiger partial charge in [0.2, 0.25) is 0 Å². The summed E-state index contributed by atoms with van der Waals surface area (Å²) < 4.78 is 17.8. The number of imidazole rings is 1. The summed E-state index contributed by atoms with van der Waals surface area (Å²) in [4.78, 5) is 18.2. The Morgan fingerprint density at radius 3 is 2.66 bits per heavy atom. The van der Waals surface area contributed by atoms with Crippen LogP contribution in [-0.2, 0) is 13.0 Å². The molecule has 5 rings (SSSR count). The highest BCUT2D eigenvalue weighted by molar-refractivity contribution is 5.65. The van der Waals surface area contributed by atoms with E-state index in [0.29, 0.717) is 23.4 Å². The van der Waals surface area contributed by atoms with Gasteiger partial charge in [0.25, 0.3) is 0 Å². The first-order valence-corrected chi connectivity index (χ1v) is 9.81. The largest absolute Gasteiger partial charge is 0.334 e. The molecule has 0 radical (unpaired) electrons. The van der Waals surface area contributed by atoms with Crippen molar-refractivity contribution in [3.63, 3.8) is 0 Å². The van der Waals surface area contributed by atoms with Crippen LogP contribution in [0.25, 0.3) is 16.9 Å². The molecule has 0 saturated carbocycles. The van der Waals surface area contributed by atoms with Crippen molar-refractivity contribution in [2.24, 2.45) is 0 Å². The Bertz CT molecular complexity index is 1260. The molecule has 1 atom stereocenters. The predicted molar refractivity (Wildman–Crippen MR) is 111 cm³/mol. The van der Waals surface area contributed by atoms with Crippen LogP contribution in [-0.4, -0.2) is 20.5 Å². The predicted octanol–water partition coefficient (Wildman–Crippen LogP) is 3.56. The van der Waals surface area contributed by atoms with Crippen LogP contribution in [0.4, 0.5) is 4.39 Å². The highest BCUT2D eigenvalue weighted by atomic mass is 19.1. The fourth-order valence-corrected chi connectivity index (χ4v) is 4.20. The zero-order valence-corrected chi connectivity index (χ0v) is 16.1. The van der Waals surface area contributed by atoms with Crippen LogP contribution < -0.4 is 11.0 Å². The van der Waals surface area contributed by atoms with Gasteiger partial charge in [-0.25, -0.2) is 14.2 Å². The van der Waals surface area contributed by atoms with E-state index >= 15 is 0 Å². The van der Waals surface area contributed by atoms with Gasteiger partial charge < -0.3 is 5.32 Å². The van der Waals surface area contributed by atoms with Crippen molar-refractivity contribution >= 4 is 5.65 Å². The van der Waals surface area contributed by atoms with E-state index in [0.717, 1.165) is 29.8 Å². The van der Waals surface area contributed by atoms with Gasteiger partial charge in [0, 0.05) is 42.5 Å². The average Bonchev–Trinajstić information content (AvgIpc) is 3.21. The van der Waals surface area contributed by atoms with E-state index in [1.807, 2.05) is 41.8 Å². The Morgan fingerprint density at radius 2 is 1.86 bits per heavy atom. The highest BCUT2D eigenvalue weighted by Crippen LogP contribution is 2.27. The van der Waals surface area contributed by atoms with Gasteiger partial charge in [0.15, 0.2) is 0 Å². The standard InChI is InChI=1S/C23H21FN4O/c1-15(16-7-3-2-4-8-16)28-21-11-12-25-13-18(21)22-26-20(14-27(22)23(28)29)17-9-5-6-10-19(17)24/h2-10,14-15,25H,11-13H2,1H3. The zero-order chi connectivity index (χ0) is 20.0. The number of nitrogens with one attached hydrogen (secondary N) is 1. The molecule has 1 aliphatic heterocycles. The number of hydrogen-bond acceptors (Lipinski definition) is 3. The third-order valence-electron chi connectivity index (χ3n) is 5.69. The molecular formula is C23H21FN4O. The van der Waals surface area contributed by atoms with E-state index in [2.05, 4.69) is 10.3 Å². The maximum Gasteiger partial charge on any atom is 0.334 e. The summed E-state index contributed by atoms with van der Waals surface area (Å²) in [6.07, 6.45) is 2.40. The van der Waals surface area contributed by atoms with Crippen LogP contribution in [0.5, 0.6) is 0 Å². The molecule has 1 N–H and O–H groups in total. The van der Waals surface area contributed by atoms with Crippen molar-refractivity contribution in [2.75, 3.05) is 6.54 Å². The second-order valence-electron chi connectivity index (χ2n) is 7.39. The Balaban J connectivity index is 1.78. The van der Waals surface area contributed by atoms with Gasteiger partial charge in [-0.15, -0.1) is 0 Å². The molecule has 2 aromatic carbocycles. The number of fused-ring (bicyclic) bond motifs is 3. The zero-order valence-electron chi connectivity index (χ0n) is 16.1. The number of benzene rings is 2. The summed E-state index contributed by atoms with van der Waals surface area (Å²) in [7, 11) is 0. The van der Waals surface area contributed by atoms with E-state index in [9.17, 15) is 9.18 Å². The average molecular weight is 388 g/mol. The number of nitrogens with zero attached hydrogens (tertiary/aromatic N) is 3. The third kappa shape index (κ3) is 2.87. The molecule has 0 aliphatic carbocycles. The number of rotatable bonds is 3. The Hall–Kier alpha value is -3.25. The lowest BCUT2D eigenvalue weighted by Gasteiger charge is -2.26. The van der Waals surface area contributed by atoms with Crippen LogP contribution in [0.1, 0.15) is 29.8 Å². The minimum Gasteiger partial charge on any atom is -0.312 e. The molecule has 0 fully saturated rings. The van der Waals surface area contributed by atoms with Gasteiger partial charge in [-0.2, -0.15) is 0 Å². The summed E-state index contributed by atoms with van der Waals surface area (Å²) >= 11 is 0. The quantitative estimate of drug-likeness (QED) is 0.584. The molecule has 29 heavy (non-hydrogen) atoms. The lowest BCUT2D eigenvalue weighted by molar-refractivity contribution is 0.518. The van der Waals surface area contributed by atoms with Crippen LogP contribution in [0, 0.1) is 5.82 Å². The molecule has 0 amide bonds. The molecule has 0 bridgehead atoms. The van der Waals surface area contributed by atoms with Crippen LogP contribution in [0.2, 0.25) is 0 Å². The van der Waals surface area contributed by atoms with Gasteiger partial charge in [-0.05, 0) is 24.6 Å². The van der Waals surface area contributed by atoms with Crippen LogP contribution in [0.3, 0.4) is 0 Å². The van der Waals surface area contributed by atoms with E-state index in [4.69, 9.17) is 0 Å². The van der Waals surface area contributed by atoms with Crippen molar-refractivity contribution in [2.45, 2.75) is 25.9 Å². The van der Waals surface area contributed by atoms with Gasteiger partial charge in [-0.1, -0.05) is 42.5 Å². The Morgan fingerprint density at radius 1 is 1.10 bits per heavy atom. The number of hydrogen-bond donors (Lipinski definition) is 1. The molecule has 0 saturated heterocycles. The fraction of sp³-hybridized carbons (Fsp3) is 0.217. The topological polar surface area (TPSA) is 51.3 Å². The maximum atomic E-state index is 14.3. The van der Waals surface area contributed by atoms with E-state index in [1.165, 1.54) is 6.07 Å². The minimum absolute atomic E-state index is 0.112. The van der Waals surface area contributed by atoms with Crippen LogP contribution >= 0.6 is 0 Å². The summed E-state index contributed by atoms with van der Waals surface area (Å²) in [5.41, 5.74) is 4.40. The molecule has 3 heterocycles. The smallest absolute Gasteiger partial charge is 0.312 e. The summed E-state index contributed by atoms with van der Waals surface area (Å²) in [6, 6.07) is 16.4. The SMILES string of the molecule is CC(c1ccccc1)n1c2c(c3nc(-c4ccccc4F)cn3c1=O)CNCC2. The van der Waals surface area contributed by atoms with Crippen molar-refractivity contribution in [3.05, 3.63) is 93.9 Å². The molecule has 4 aromatic rings. The monoisotopic (exact) mass is 388 g/mol. The summed E-state index contributed by atoms with van der Waals surface area (Å²) in [5, 5.41) is 3.38. The minimum atomic E-state index is -0.346. The van der Waals surface area contributed by atoms with Crippen molar-refractivity contribution in [1.29, 1.82) is 0 Å². The first-order valence-electron chi connectivity index (χ1n) is 9.81. The maximum absolute atomic E-state index is 14.3. The number of aromatic nitrogens is 3. The van der Waals surface area contributed by atoms with E-state index in [1.54, 1.807) is 28.8 Å². The first-order chi connectivity index (χ1) is 14.1. The van der Waals surface area contributed by atoms with E-state index < -0.39 is 0 Å². The molecule has 1 unspecified atom stereocenters. The summed E-state index contributed by atoms with van der Waals surface area (Å²) in [6.45, 7) is 3.49. The lowest BCUT2D eigenvalue weighted by atomic mass is 10.0.